The number of aryl methyl sites for hydroxylation is 1. The van der Waals surface area contributed by atoms with Crippen molar-refractivity contribution in [3.8, 4) is 0 Å². The molecule has 0 heterocycles. The van der Waals surface area contributed by atoms with Crippen molar-refractivity contribution >= 4 is 0 Å². The van der Waals surface area contributed by atoms with Crippen molar-refractivity contribution in [3.63, 3.8) is 0 Å². The van der Waals surface area contributed by atoms with E-state index in [1.165, 1.54) is 56.1 Å². The highest BCUT2D eigenvalue weighted by atomic mass is 16.5. The van der Waals surface area contributed by atoms with Gasteiger partial charge in [-0.05, 0) is 80.5 Å². The summed E-state index contributed by atoms with van der Waals surface area (Å²) in [7, 11) is 1.80. The Morgan fingerprint density at radius 1 is 1.20 bits per heavy atom. The Hall–Kier alpha value is -0.900. The first-order valence-corrected chi connectivity index (χ1v) is 10.1. The molecule has 3 heteroatoms. The van der Waals surface area contributed by atoms with E-state index in [0.29, 0.717) is 18.6 Å². The summed E-state index contributed by atoms with van der Waals surface area (Å²) in [4.78, 5) is 0. The van der Waals surface area contributed by atoms with Gasteiger partial charge in [-0.2, -0.15) is 0 Å². The van der Waals surface area contributed by atoms with Crippen molar-refractivity contribution < 1.29 is 9.84 Å². The molecule has 1 aliphatic carbocycles. The summed E-state index contributed by atoms with van der Waals surface area (Å²) >= 11 is 0. The van der Waals surface area contributed by atoms with E-state index in [1.807, 2.05) is 0 Å². The third kappa shape index (κ3) is 6.40. The van der Waals surface area contributed by atoms with Gasteiger partial charge in [0.1, 0.15) is 0 Å². The van der Waals surface area contributed by atoms with Gasteiger partial charge in [-0.1, -0.05) is 37.5 Å². The number of aliphatic hydroxyl groups is 1. The summed E-state index contributed by atoms with van der Waals surface area (Å²) in [5.74, 6) is 1.23. The van der Waals surface area contributed by atoms with E-state index in [2.05, 4.69) is 25.1 Å². The van der Waals surface area contributed by atoms with E-state index in [1.54, 1.807) is 12.7 Å². The van der Waals surface area contributed by atoms with Crippen molar-refractivity contribution in [1.29, 1.82) is 0 Å². The lowest BCUT2D eigenvalue weighted by molar-refractivity contribution is 0.108. The minimum absolute atomic E-state index is 0.256. The molecule has 0 aliphatic heterocycles. The molecule has 2 rings (SSSR count). The standard InChI is InChI=1S/C22H37NO2/c1-17(25-2)6-3-4-7-18-9-10-20-15-21(12-11-19(20)14-18)22(16-23)8-5-13-24/h11-12,15,17-18,22,24H,3-10,13-14,16,23H2,1-2H3/t17?,18-,22-/m0/s1. The normalized spacial score (nSPS) is 19.4. The SMILES string of the molecule is COC(C)CCCC[C@H]1CCc2cc([C@H](CN)CCCO)ccc2C1. The molecule has 1 unspecified atom stereocenters. The molecule has 25 heavy (non-hydrogen) atoms. The van der Waals surface area contributed by atoms with Gasteiger partial charge < -0.3 is 15.6 Å². The van der Waals surface area contributed by atoms with Gasteiger partial charge in [0, 0.05) is 13.7 Å². The zero-order valence-corrected chi connectivity index (χ0v) is 16.2. The molecule has 0 amide bonds. The summed E-state index contributed by atoms with van der Waals surface area (Å²) in [6, 6.07) is 7.00. The monoisotopic (exact) mass is 347 g/mol. The molecule has 0 aromatic heterocycles. The van der Waals surface area contributed by atoms with Crippen LogP contribution < -0.4 is 5.73 Å². The Kier molecular flexibility index (Phi) is 8.94. The van der Waals surface area contributed by atoms with Gasteiger partial charge in [-0.15, -0.1) is 0 Å². The maximum absolute atomic E-state index is 9.06. The van der Waals surface area contributed by atoms with Crippen molar-refractivity contribution in [3.05, 3.63) is 34.9 Å². The van der Waals surface area contributed by atoms with Crippen LogP contribution in [0, 0.1) is 5.92 Å². The first-order valence-electron chi connectivity index (χ1n) is 10.1. The summed E-state index contributed by atoms with van der Waals surface area (Å²) in [6.45, 7) is 3.08. The number of nitrogens with two attached hydrogens (primary N) is 1. The van der Waals surface area contributed by atoms with Gasteiger partial charge in [0.05, 0.1) is 6.10 Å². The number of hydrogen-bond donors (Lipinski definition) is 2. The smallest absolute Gasteiger partial charge is 0.0543 e. The van der Waals surface area contributed by atoms with Gasteiger partial charge in [0.25, 0.3) is 0 Å². The molecule has 142 valence electrons. The van der Waals surface area contributed by atoms with Crippen LogP contribution in [-0.4, -0.2) is 31.5 Å². The van der Waals surface area contributed by atoms with Crippen LogP contribution in [0.15, 0.2) is 18.2 Å². The summed E-state index contributed by atoms with van der Waals surface area (Å²) in [6.07, 6.45) is 11.1. The number of hydrogen-bond acceptors (Lipinski definition) is 3. The largest absolute Gasteiger partial charge is 0.396 e. The number of benzene rings is 1. The lowest BCUT2D eigenvalue weighted by atomic mass is 9.79. The predicted octanol–water partition coefficient (Wildman–Crippen LogP) is 4.20. The molecule has 0 spiro atoms. The number of methoxy groups -OCH3 is 1. The van der Waals surface area contributed by atoms with Gasteiger partial charge >= 0.3 is 0 Å². The molecule has 3 N–H and O–H groups in total. The Balaban J connectivity index is 1.85. The average Bonchev–Trinajstić information content (AvgIpc) is 2.65. The van der Waals surface area contributed by atoms with Gasteiger partial charge in [0.15, 0.2) is 0 Å². The topological polar surface area (TPSA) is 55.5 Å². The fourth-order valence-corrected chi connectivity index (χ4v) is 4.09. The second-order valence-corrected chi connectivity index (χ2v) is 7.77. The van der Waals surface area contributed by atoms with Crippen molar-refractivity contribution in [1.82, 2.24) is 0 Å². The molecule has 1 aromatic rings. The minimum atomic E-state index is 0.256. The molecule has 0 radical (unpaired) electrons. The highest BCUT2D eigenvalue weighted by Crippen LogP contribution is 2.32. The fourth-order valence-electron chi connectivity index (χ4n) is 4.09. The van der Waals surface area contributed by atoms with E-state index in [4.69, 9.17) is 15.6 Å². The molecular weight excluding hydrogens is 310 g/mol. The van der Waals surface area contributed by atoms with Crippen LogP contribution in [0.2, 0.25) is 0 Å². The van der Waals surface area contributed by atoms with Crippen LogP contribution >= 0.6 is 0 Å². The summed E-state index contributed by atoms with van der Waals surface area (Å²) in [5, 5.41) is 9.06. The Morgan fingerprint density at radius 2 is 2.04 bits per heavy atom. The van der Waals surface area contributed by atoms with Gasteiger partial charge in [-0.3, -0.25) is 0 Å². The van der Waals surface area contributed by atoms with Crippen molar-refractivity contribution in [2.75, 3.05) is 20.3 Å². The van der Waals surface area contributed by atoms with E-state index >= 15 is 0 Å². The molecule has 0 bridgehead atoms. The van der Waals surface area contributed by atoms with Crippen LogP contribution in [0.1, 0.15) is 74.5 Å². The van der Waals surface area contributed by atoms with Gasteiger partial charge in [0.2, 0.25) is 0 Å². The molecule has 0 saturated heterocycles. The molecular formula is C22H37NO2. The number of ether oxygens (including phenoxy) is 1. The first-order chi connectivity index (χ1) is 12.2. The number of unbranched alkanes of at least 4 members (excludes halogenated alkanes) is 1. The highest BCUT2D eigenvalue weighted by Gasteiger charge is 2.20. The van der Waals surface area contributed by atoms with Crippen LogP contribution in [0.4, 0.5) is 0 Å². The van der Waals surface area contributed by atoms with Crippen molar-refractivity contribution in [2.24, 2.45) is 11.7 Å². The molecule has 1 aliphatic rings. The molecule has 3 atom stereocenters. The number of aliphatic hydroxyl groups excluding tert-OH is 1. The lowest BCUT2D eigenvalue weighted by Crippen LogP contribution is -2.17. The van der Waals surface area contributed by atoms with Crippen LogP contribution in [-0.2, 0) is 17.6 Å². The van der Waals surface area contributed by atoms with Gasteiger partial charge in [-0.25, -0.2) is 0 Å². The summed E-state index contributed by atoms with van der Waals surface area (Å²) < 4.78 is 5.33. The predicted molar refractivity (Wildman–Crippen MR) is 105 cm³/mol. The van der Waals surface area contributed by atoms with E-state index in [-0.39, 0.29) is 6.61 Å². The second kappa shape index (κ2) is 10.9. The minimum Gasteiger partial charge on any atom is -0.396 e. The maximum Gasteiger partial charge on any atom is 0.0543 e. The highest BCUT2D eigenvalue weighted by molar-refractivity contribution is 5.36. The average molecular weight is 348 g/mol. The zero-order valence-electron chi connectivity index (χ0n) is 16.2. The zero-order chi connectivity index (χ0) is 18.1. The molecule has 0 fully saturated rings. The molecule has 0 saturated carbocycles. The van der Waals surface area contributed by atoms with Crippen LogP contribution in [0.3, 0.4) is 0 Å². The maximum atomic E-state index is 9.06. The summed E-state index contributed by atoms with van der Waals surface area (Å²) in [5.41, 5.74) is 10.4. The third-order valence-electron chi connectivity index (χ3n) is 5.90. The van der Waals surface area contributed by atoms with Crippen LogP contribution in [0.5, 0.6) is 0 Å². The first kappa shape index (κ1) is 20.4. The lowest BCUT2D eigenvalue weighted by Gasteiger charge is -2.26. The third-order valence-corrected chi connectivity index (χ3v) is 5.90. The number of rotatable bonds is 11. The van der Waals surface area contributed by atoms with Crippen molar-refractivity contribution in [2.45, 2.75) is 76.7 Å². The number of fused-ring (bicyclic) bond motifs is 1. The Morgan fingerprint density at radius 3 is 2.76 bits per heavy atom. The molecule has 3 nitrogen and oxygen atoms in total. The Labute approximate surface area is 154 Å². The Bertz CT molecular complexity index is 503. The quantitative estimate of drug-likeness (QED) is 0.590. The van der Waals surface area contributed by atoms with E-state index < -0.39 is 0 Å². The van der Waals surface area contributed by atoms with Crippen LogP contribution in [0.25, 0.3) is 0 Å². The fraction of sp³-hybridized carbons (Fsp3) is 0.727. The molecule has 1 aromatic carbocycles. The van der Waals surface area contributed by atoms with E-state index in [9.17, 15) is 0 Å². The second-order valence-electron chi connectivity index (χ2n) is 7.77. The van der Waals surface area contributed by atoms with E-state index in [0.717, 1.165) is 18.8 Å².